The summed E-state index contributed by atoms with van der Waals surface area (Å²) in [5.74, 6) is -2.28. The number of nitrogens with zero attached hydrogens (tertiary/aromatic N) is 3. The Labute approximate surface area is 214 Å². The van der Waals surface area contributed by atoms with Crippen molar-refractivity contribution in [3.05, 3.63) is 94.0 Å². The molecule has 0 fully saturated rings. The van der Waals surface area contributed by atoms with Crippen LogP contribution in [-0.4, -0.2) is 36.8 Å². The Morgan fingerprint density at radius 1 is 0.919 bits per heavy atom. The largest absolute Gasteiger partial charge is 0.452 e. The lowest BCUT2D eigenvalue weighted by Gasteiger charge is -2.22. The summed E-state index contributed by atoms with van der Waals surface area (Å²) in [6.45, 7) is 5.22. The highest BCUT2D eigenvalue weighted by molar-refractivity contribution is 6.35. The van der Waals surface area contributed by atoms with E-state index in [1.807, 2.05) is 44.2 Å². The minimum Gasteiger partial charge on any atom is -0.452 e. The zero-order valence-corrected chi connectivity index (χ0v) is 20.8. The first-order valence-corrected chi connectivity index (χ1v) is 11.7. The predicted octanol–water partition coefficient (Wildman–Crippen LogP) is 4.52. The number of carbonyl (C=O) groups is 4. The van der Waals surface area contributed by atoms with Crippen molar-refractivity contribution in [2.24, 2.45) is 0 Å². The molecule has 0 bridgehead atoms. The highest BCUT2D eigenvalue weighted by Gasteiger charge is 2.37. The van der Waals surface area contributed by atoms with Gasteiger partial charge in [-0.1, -0.05) is 24.3 Å². The molecule has 0 radical (unpaired) electrons. The summed E-state index contributed by atoms with van der Waals surface area (Å²) < 4.78 is 5.26. The number of para-hydroxylation sites is 1. The van der Waals surface area contributed by atoms with Gasteiger partial charge in [-0.2, -0.15) is 5.26 Å². The third-order valence-electron chi connectivity index (χ3n) is 6.07. The Morgan fingerprint density at radius 3 is 2.27 bits per heavy atom. The summed E-state index contributed by atoms with van der Waals surface area (Å²) in [6.07, 6.45) is 0.116. The van der Waals surface area contributed by atoms with Crippen LogP contribution in [0.25, 0.3) is 0 Å². The van der Waals surface area contributed by atoms with E-state index in [0.717, 1.165) is 21.6 Å². The van der Waals surface area contributed by atoms with Crippen LogP contribution >= 0.6 is 0 Å². The molecule has 0 unspecified atom stereocenters. The molecular weight excluding hydrogens is 470 g/mol. The van der Waals surface area contributed by atoms with Gasteiger partial charge in [0.1, 0.15) is 0 Å². The normalized spacial score (nSPS) is 12.2. The summed E-state index contributed by atoms with van der Waals surface area (Å²) in [5.41, 5.74) is 4.12. The first kappa shape index (κ1) is 25.3. The molecule has 0 spiro atoms. The van der Waals surface area contributed by atoms with Gasteiger partial charge in [0.05, 0.1) is 34.9 Å². The predicted molar refractivity (Wildman–Crippen MR) is 138 cm³/mol. The number of amides is 3. The lowest BCUT2D eigenvalue weighted by atomic mass is 10.1. The molecule has 0 aromatic heterocycles. The van der Waals surface area contributed by atoms with Crippen molar-refractivity contribution in [1.82, 2.24) is 0 Å². The number of hydrogen-bond donors (Lipinski definition) is 0. The van der Waals surface area contributed by atoms with Crippen molar-refractivity contribution in [1.29, 1.82) is 5.26 Å². The van der Waals surface area contributed by atoms with Gasteiger partial charge >= 0.3 is 5.97 Å². The van der Waals surface area contributed by atoms with E-state index in [2.05, 4.69) is 0 Å². The topological polar surface area (TPSA) is 108 Å². The summed E-state index contributed by atoms with van der Waals surface area (Å²) in [5, 5.41) is 9.02. The second-order valence-corrected chi connectivity index (χ2v) is 8.87. The number of carbonyl (C=O) groups excluding carboxylic acids is 4. The van der Waals surface area contributed by atoms with Gasteiger partial charge in [0.2, 0.25) is 0 Å². The van der Waals surface area contributed by atoms with Crippen LogP contribution < -0.4 is 9.80 Å². The molecule has 3 amide bonds. The van der Waals surface area contributed by atoms with Crippen molar-refractivity contribution in [2.75, 3.05) is 23.0 Å². The monoisotopic (exact) mass is 495 g/mol. The van der Waals surface area contributed by atoms with Gasteiger partial charge in [-0.3, -0.25) is 14.4 Å². The van der Waals surface area contributed by atoms with E-state index >= 15 is 0 Å². The van der Waals surface area contributed by atoms with Gasteiger partial charge in [0, 0.05) is 12.2 Å². The van der Waals surface area contributed by atoms with E-state index in [1.165, 1.54) is 23.1 Å². The molecule has 0 atom stereocenters. The minimum absolute atomic E-state index is 0.0503. The van der Waals surface area contributed by atoms with Crippen molar-refractivity contribution in [3.63, 3.8) is 0 Å². The van der Waals surface area contributed by atoms with Crippen LogP contribution in [-0.2, 0) is 9.53 Å². The second kappa shape index (κ2) is 10.5. The molecule has 0 saturated heterocycles. The van der Waals surface area contributed by atoms with Crippen molar-refractivity contribution >= 4 is 35.1 Å². The van der Waals surface area contributed by atoms with Gasteiger partial charge in [-0.15, -0.1) is 0 Å². The molecular formula is C29H25N3O5. The molecule has 8 heteroatoms. The zero-order valence-electron chi connectivity index (χ0n) is 20.8. The van der Waals surface area contributed by atoms with Crippen LogP contribution in [0.3, 0.4) is 0 Å². The van der Waals surface area contributed by atoms with E-state index in [-0.39, 0.29) is 29.7 Å². The molecule has 8 nitrogen and oxygen atoms in total. The number of benzene rings is 3. The summed E-state index contributed by atoms with van der Waals surface area (Å²) in [6, 6.07) is 18.8. The molecule has 3 aromatic rings. The number of fused-ring (bicyclic) bond motifs is 1. The standard InChI is InChI=1S/C29H25N3O5/c1-18-13-19(2)15-22(14-18)31(12-6-11-30)26(33)17-37-29(36)21-9-10-23-24(16-21)28(35)32(27(23)34)25-8-5-4-7-20(25)3/h4-5,7-10,13-16H,6,12,17H2,1-3H3. The first-order chi connectivity index (χ1) is 17.7. The first-order valence-electron chi connectivity index (χ1n) is 11.7. The minimum atomic E-state index is -0.800. The number of imide groups is 1. The Kier molecular flexibility index (Phi) is 7.16. The van der Waals surface area contributed by atoms with E-state index in [0.29, 0.717) is 11.4 Å². The SMILES string of the molecule is Cc1cc(C)cc(N(CCC#N)C(=O)COC(=O)c2ccc3c(c2)C(=O)N(c2ccccc2C)C3=O)c1. The summed E-state index contributed by atoms with van der Waals surface area (Å²) >= 11 is 0. The smallest absolute Gasteiger partial charge is 0.338 e. The highest BCUT2D eigenvalue weighted by Crippen LogP contribution is 2.31. The molecule has 0 saturated carbocycles. The zero-order chi connectivity index (χ0) is 26.7. The fraction of sp³-hybridized carbons (Fsp3) is 0.207. The lowest BCUT2D eigenvalue weighted by molar-refractivity contribution is -0.121. The Bertz CT molecular complexity index is 1450. The quantitative estimate of drug-likeness (QED) is 0.352. The number of rotatable bonds is 7. The molecule has 37 heavy (non-hydrogen) atoms. The van der Waals surface area contributed by atoms with E-state index < -0.39 is 30.3 Å². The Balaban J connectivity index is 1.50. The average Bonchev–Trinajstić information content (AvgIpc) is 3.11. The molecule has 1 aliphatic rings. The molecule has 186 valence electrons. The number of nitriles is 1. The Hall–Kier alpha value is -4.77. The van der Waals surface area contributed by atoms with E-state index in [9.17, 15) is 19.2 Å². The second-order valence-electron chi connectivity index (χ2n) is 8.87. The molecule has 0 N–H and O–H groups in total. The van der Waals surface area contributed by atoms with Gasteiger partial charge < -0.3 is 9.64 Å². The van der Waals surface area contributed by atoms with Crippen LogP contribution in [0.2, 0.25) is 0 Å². The van der Waals surface area contributed by atoms with Gasteiger partial charge in [0.25, 0.3) is 17.7 Å². The highest BCUT2D eigenvalue weighted by atomic mass is 16.5. The molecule has 3 aromatic carbocycles. The Morgan fingerprint density at radius 2 is 1.59 bits per heavy atom. The van der Waals surface area contributed by atoms with Gasteiger partial charge in [-0.25, -0.2) is 9.69 Å². The summed E-state index contributed by atoms with van der Waals surface area (Å²) in [7, 11) is 0. The number of ether oxygens (including phenoxy) is 1. The summed E-state index contributed by atoms with van der Waals surface area (Å²) in [4.78, 5) is 54.2. The average molecular weight is 496 g/mol. The number of aryl methyl sites for hydroxylation is 3. The maximum atomic E-state index is 13.1. The van der Waals surface area contributed by atoms with Crippen molar-refractivity contribution in [3.8, 4) is 6.07 Å². The fourth-order valence-electron chi connectivity index (χ4n) is 4.36. The van der Waals surface area contributed by atoms with Gasteiger partial charge in [0.15, 0.2) is 6.61 Å². The fourth-order valence-corrected chi connectivity index (χ4v) is 4.36. The van der Waals surface area contributed by atoms with Crippen LogP contribution in [0.15, 0.2) is 60.7 Å². The van der Waals surface area contributed by atoms with Crippen LogP contribution in [0.4, 0.5) is 11.4 Å². The maximum absolute atomic E-state index is 13.1. The molecule has 1 aliphatic heterocycles. The van der Waals surface area contributed by atoms with Gasteiger partial charge in [-0.05, 0) is 73.9 Å². The number of anilines is 2. The third-order valence-corrected chi connectivity index (χ3v) is 6.07. The number of esters is 1. The molecule has 0 aliphatic carbocycles. The van der Waals surface area contributed by atoms with E-state index in [4.69, 9.17) is 10.00 Å². The van der Waals surface area contributed by atoms with Crippen LogP contribution in [0, 0.1) is 32.1 Å². The van der Waals surface area contributed by atoms with Crippen molar-refractivity contribution < 1.29 is 23.9 Å². The van der Waals surface area contributed by atoms with Crippen molar-refractivity contribution in [2.45, 2.75) is 27.2 Å². The molecule has 1 heterocycles. The maximum Gasteiger partial charge on any atom is 0.338 e. The lowest BCUT2D eigenvalue weighted by Crippen LogP contribution is -2.35. The number of hydrogen-bond acceptors (Lipinski definition) is 6. The third kappa shape index (κ3) is 5.11. The van der Waals surface area contributed by atoms with Crippen LogP contribution in [0.1, 0.15) is 54.2 Å². The molecule has 4 rings (SSSR count). The van der Waals surface area contributed by atoms with E-state index in [1.54, 1.807) is 25.1 Å². The van der Waals surface area contributed by atoms with Crippen LogP contribution in [0.5, 0.6) is 0 Å².